The van der Waals surface area contributed by atoms with Crippen molar-refractivity contribution in [1.29, 1.82) is 0 Å². The highest BCUT2D eigenvalue weighted by atomic mass is 32.2. The number of fused-ring (bicyclic) bond motifs is 1. The lowest BCUT2D eigenvalue weighted by atomic mass is 10.4. The third kappa shape index (κ3) is 3.54. The summed E-state index contributed by atoms with van der Waals surface area (Å²) in [4.78, 5) is 17.6. The molecule has 0 bridgehead atoms. The summed E-state index contributed by atoms with van der Waals surface area (Å²) in [5.41, 5.74) is -0.0892. The molecule has 9 heteroatoms. The lowest BCUT2D eigenvalue weighted by molar-refractivity contribution is 0.584. The minimum Gasteiger partial charge on any atom is -0.290 e. The van der Waals surface area contributed by atoms with Crippen LogP contribution < -0.4 is 10.3 Å². The van der Waals surface area contributed by atoms with E-state index in [0.29, 0.717) is 21.1 Å². The molecule has 2 heterocycles. The summed E-state index contributed by atoms with van der Waals surface area (Å²) in [5.74, 6) is 0.475. The zero-order valence-electron chi connectivity index (χ0n) is 12.8. The van der Waals surface area contributed by atoms with Gasteiger partial charge in [0.25, 0.3) is 5.56 Å². The van der Waals surface area contributed by atoms with Crippen molar-refractivity contribution in [2.24, 2.45) is 7.05 Å². The van der Waals surface area contributed by atoms with Crippen molar-refractivity contribution in [3.05, 3.63) is 52.1 Å². The Hall–Kier alpha value is -1.68. The van der Waals surface area contributed by atoms with Gasteiger partial charge in [-0.1, -0.05) is 30.0 Å². The van der Waals surface area contributed by atoms with Gasteiger partial charge in [0, 0.05) is 19.3 Å². The summed E-state index contributed by atoms with van der Waals surface area (Å²) < 4.78 is 28.3. The standard InChI is InChI=1S/C15H15N3O3S3/c1-18-14(19)12-7-9-22-13(12)17-15(18)23-10-8-16-24(20,21)11-5-3-2-4-6-11/h2-7,9,16H,8,10H2,1H3. The Morgan fingerprint density at radius 1 is 1.25 bits per heavy atom. The van der Waals surface area contributed by atoms with Crippen LogP contribution in [0.1, 0.15) is 0 Å². The molecule has 0 amide bonds. The number of aromatic nitrogens is 2. The normalized spacial score (nSPS) is 11.9. The first-order chi connectivity index (χ1) is 11.5. The van der Waals surface area contributed by atoms with Gasteiger partial charge in [0.2, 0.25) is 10.0 Å². The molecule has 0 aliphatic carbocycles. The lowest BCUT2D eigenvalue weighted by Gasteiger charge is -2.08. The third-order valence-electron chi connectivity index (χ3n) is 3.34. The Morgan fingerprint density at radius 3 is 2.75 bits per heavy atom. The highest BCUT2D eigenvalue weighted by Gasteiger charge is 2.13. The summed E-state index contributed by atoms with van der Waals surface area (Å²) in [6.45, 7) is 0.250. The topological polar surface area (TPSA) is 81.1 Å². The fourth-order valence-electron chi connectivity index (χ4n) is 2.11. The molecule has 0 unspecified atom stereocenters. The average Bonchev–Trinajstić information content (AvgIpc) is 3.05. The Kier molecular flexibility index (Phi) is 5.04. The van der Waals surface area contributed by atoms with Gasteiger partial charge in [-0.25, -0.2) is 18.1 Å². The van der Waals surface area contributed by atoms with Gasteiger partial charge in [0.1, 0.15) is 4.83 Å². The molecule has 1 N–H and O–H groups in total. The van der Waals surface area contributed by atoms with E-state index in [9.17, 15) is 13.2 Å². The molecule has 0 aliphatic rings. The molecule has 0 radical (unpaired) electrons. The van der Waals surface area contributed by atoms with Crippen LogP contribution in [0.5, 0.6) is 0 Å². The van der Waals surface area contributed by atoms with E-state index in [1.165, 1.54) is 27.7 Å². The number of nitrogens with zero attached hydrogens (tertiary/aromatic N) is 2. The summed E-state index contributed by atoms with van der Waals surface area (Å²) in [6, 6.07) is 9.98. The van der Waals surface area contributed by atoms with E-state index in [4.69, 9.17) is 0 Å². The molecule has 1 aromatic carbocycles. The monoisotopic (exact) mass is 381 g/mol. The number of sulfonamides is 1. The van der Waals surface area contributed by atoms with Gasteiger partial charge in [-0.15, -0.1) is 11.3 Å². The van der Waals surface area contributed by atoms with Gasteiger partial charge >= 0.3 is 0 Å². The Balaban J connectivity index is 1.65. The molecule has 0 spiro atoms. The van der Waals surface area contributed by atoms with Crippen LogP contribution in [-0.2, 0) is 17.1 Å². The van der Waals surface area contributed by atoms with Crippen molar-refractivity contribution in [2.75, 3.05) is 12.3 Å². The van der Waals surface area contributed by atoms with Crippen LogP contribution in [0.25, 0.3) is 10.2 Å². The van der Waals surface area contributed by atoms with Gasteiger partial charge in [-0.2, -0.15) is 0 Å². The van der Waals surface area contributed by atoms with E-state index in [1.54, 1.807) is 43.4 Å². The minimum atomic E-state index is -3.51. The quantitative estimate of drug-likeness (QED) is 0.402. The number of rotatable bonds is 6. The Labute approximate surface area is 147 Å². The lowest BCUT2D eigenvalue weighted by Crippen LogP contribution is -2.26. The van der Waals surface area contributed by atoms with Crippen LogP contribution >= 0.6 is 23.1 Å². The van der Waals surface area contributed by atoms with E-state index in [-0.39, 0.29) is 17.0 Å². The smallest absolute Gasteiger partial charge is 0.262 e. The molecule has 0 atom stereocenters. The van der Waals surface area contributed by atoms with Crippen LogP contribution in [0.15, 0.2) is 56.6 Å². The van der Waals surface area contributed by atoms with Crippen LogP contribution in [-0.4, -0.2) is 30.3 Å². The first-order valence-electron chi connectivity index (χ1n) is 7.11. The second kappa shape index (κ2) is 7.06. The van der Waals surface area contributed by atoms with Crippen molar-refractivity contribution >= 4 is 43.3 Å². The fraction of sp³-hybridized carbons (Fsp3) is 0.200. The zero-order chi connectivity index (χ0) is 17.2. The second-order valence-corrected chi connectivity index (χ2v) is 8.68. The third-order valence-corrected chi connectivity index (χ3v) is 6.66. The van der Waals surface area contributed by atoms with Crippen molar-refractivity contribution in [2.45, 2.75) is 10.1 Å². The maximum absolute atomic E-state index is 12.2. The molecule has 3 aromatic rings. The SMILES string of the molecule is Cn1c(SCCNS(=O)(=O)c2ccccc2)nc2sccc2c1=O. The van der Waals surface area contributed by atoms with Crippen LogP contribution in [0.3, 0.4) is 0 Å². The van der Waals surface area contributed by atoms with Gasteiger partial charge in [-0.05, 0) is 23.6 Å². The van der Waals surface area contributed by atoms with E-state index in [1.807, 2.05) is 5.38 Å². The molecule has 3 rings (SSSR count). The van der Waals surface area contributed by atoms with E-state index in [2.05, 4.69) is 9.71 Å². The Bertz CT molecular complexity index is 1010. The van der Waals surface area contributed by atoms with E-state index >= 15 is 0 Å². The number of nitrogens with one attached hydrogen (secondary N) is 1. The van der Waals surface area contributed by atoms with Crippen LogP contribution in [0.2, 0.25) is 0 Å². The largest absolute Gasteiger partial charge is 0.290 e. The summed E-state index contributed by atoms with van der Waals surface area (Å²) >= 11 is 2.76. The van der Waals surface area contributed by atoms with E-state index < -0.39 is 10.0 Å². The highest BCUT2D eigenvalue weighted by molar-refractivity contribution is 7.99. The average molecular weight is 382 g/mol. The van der Waals surface area contributed by atoms with Crippen molar-refractivity contribution in [1.82, 2.24) is 14.3 Å². The predicted octanol–water partition coefficient (Wildman–Crippen LogP) is 2.07. The number of hydrogen-bond donors (Lipinski definition) is 1. The molecule has 0 saturated heterocycles. The number of thiophene rings is 1. The van der Waals surface area contributed by atoms with E-state index in [0.717, 1.165) is 0 Å². The summed E-state index contributed by atoms with van der Waals surface area (Å²) in [5, 5.41) is 3.02. The molecule has 2 aromatic heterocycles. The second-order valence-electron chi connectivity index (χ2n) is 4.96. The Morgan fingerprint density at radius 2 is 2.00 bits per heavy atom. The predicted molar refractivity (Wildman–Crippen MR) is 97.2 cm³/mol. The number of hydrogen-bond acceptors (Lipinski definition) is 6. The molecule has 0 aliphatic heterocycles. The van der Waals surface area contributed by atoms with Crippen molar-refractivity contribution < 1.29 is 8.42 Å². The first-order valence-corrected chi connectivity index (χ1v) is 10.5. The molecule has 24 heavy (non-hydrogen) atoms. The number of thioether (sulfide) groups is 1. The maximum atomic E-state index is 12.2. The minimum absolute atomic E-state index is 0.0892. The molecule has 6 nitrogen and oxygen atoms in total. The molecule has 0 fully saturated rings. The zero-order valence-corrected chi connectivity index (χ0v) is 15.2. The van der Waals surface area contributed by atoms with Crippen molar-refractivity contribution in [3.63, 3.8) is 0 Å². The highest BCUT2D eigenvalue weighted by Crippen LogP contribution is 2.20. The van der Waals surface area contributed by atoms with Crippen LogP contribution in [0.4, 0.5) is 0 Å². The van der Waals surface area contributed by atoms with Gasteiger partial charge < -0.3 is 0 Å². The molecule has 126 valence electrons. The summed E-state index contributed by atoms with van der Waals surface area (Å²) in [6.07, 6.45) is 0. The molecule has 0 saturated carbocycles. The van der Waals surface area contributed by atoms with Gasteiger partial charge in [0.05, 0.1) is 10.3 Å². The van der Waals surface area contributed by atoms with Gasteiger partial charge in [-0.3, -0.25) is 9.36 Å². The van der Waals surface area contributed by atoms with Crippen LogP contribution in [0, 0.1) is 0 Å². The summed E-state index contributed by atoms with van der Waals surface area (Å²) in [7, 11) is -1.84. The molecular formula is C15H15N3O3S3. The maximum Gasteiger partial charge on any atom is 0.262 e. The first kappa shape index (κ1) is 17.2. The molecular weight excluding hydrogens is 366 g/mol. The fourth-order valence-corrected chi connectivity index (χ4v) is 4.92. The van der Waals surface area contributed by atoms with Gasteiger partial charge in [0.15, 0.2) is 5.16 Å². The number of benzene rings is 1. The van der Waals surface area contributed by atoms with Crippen molar-refractivity contribution in [3.8, 4) is 0 Å².